The van der Waals surface area contributed by atoms with Gasteiger partial charge in [-0.1, -0.05) is 73.8 Å². The topological polar surface area (TPSA) is 64.7 Å². The number of fused-ring (bicyclic) bond motifs is 1. The lowest BCUT2D eigenvalue weighted by Crippen LogP contribution is -2.50. The lowest BCUT2D eigenvalue weighted by Gasteiger charge is -2.29. The highest BCUT2D eigenvalue weighted by Crippen LogP contribution is 2.24. The summed E-state index contributed by atoms with van der Waals surface area (Å²) in [6.45, 7) is 7.26. The Morgan fingerprint density at radius 2 is 1.71 bits per heavy atom. The van der Waals surface area contributed by atoms with E-state index in [1.165, 1.54) is 31.2 Å². The summed E-state index contributed by atoms with van der Waals surface area (Å²) in [5.41, 5.74) is 1.91. The van der Waals surface area contributed by atoms with Crippen molar-refractivity contribution in [2.24, 2.45) is 0 Å². The molecule has 2 heterocycles. The van der Waals surface area contributed by atoms with Crippen molar-refractivity contribution in [3.63, 3.8) is 0 Å². The van der Waals surface area contributed by atoms with Gasteiger partial charge >= 0.3 is 0 Å². The van der Waals surface area contributed by atoms with Gasteiger partial charge in [0, 0.05) is 48.7 Å². The first-order valence-corrected chi connectivity index (χ1v) is 16.2. The van der Waals surface area contributed by atoms with E-state index in [-0.39, 0.29) is 23.9 Å². The summed E-state index contributed by atoms with van der Waals surface area (Å²) in [5, 5.41) is 9.50. The zero-order valence-electron chi connectivity index (χ0n) is 24.9. The van der Waals surface area contributed by atoms with Crippen molar-refractivity contribution >= 4 is 34.2 Å². The van der Waals surface area contributed by atoms with E-state index in [9.17, 15) is 9.59 Å². The fourth-order valence-corrected chi connectivity index (χ4v) is 6.62. The number of halogens is 1. The average Bonchev–Trinajstić information content (AvgIpc) is 3.37. The van der Waals surface area contributed by atoms with Crippen molar-refractivity contribution in [3.8, 4) is 0 Å². The summed E-state index contributed by atoms with van der Waals surface area (Å²) >= 11 is 6.13. The van der Waals surface area contributed by atoms with E-state index in [1.807, 2.05) is 42.5 Å². The lowest BCUT2D eigenvalue weighted by atomic mass is 9.95. The van der Waals surface area contributed by atoms with Crippen molar-refractivity contribution in [1.29, 1.82) is 0 Å². The van der Waals surface area contributed by atoms with Gasteiger partial charge in [0.25, 0.3) is 5.91 Å². The summed E-state index contributed by atoms with van der Waals surface area (Å²) in [7, 11) is 0. The van der Waals surface area contributed by atoms with Gasteiger partial charge in [-0.3, -0.25) is 9.59 Å². The number of likely N-dealkylation sites (tertiary alicyclic amines) is 1. The number of amides is 2. The zero-order chi connectivity index (χ0) is 29.3. The van der Waals surface area contributed by atoms with Gasteiger partial charge in [-0.15, -0.1) is 0 Å². The first-order chi connectivity index (χ1) is 20.5. The molecule has 0 aromatic heterocycles. The Morgan fingerprint density at radius 1 is 0.976 bits per heavy atom. The number of hydrogen-bond acceptors (Lipinski definition) is 4. The van der Waals surface area contributed by atoms with Crippen molar-refractivity contribution in [3.05, 3.63) is 82.9 Å². The zero-order valence-corrected chi connectivity index (χ0v) is 25.6. The molecule has 1 unspecified atom stereocenters. The molecule has 3 aromatic carbocycles. The first kappa shape index (κ1) is 30.5. The molecule has 7 heteroatoms. The number of carbonyl (C=O) groups is 2. The quantitative estimate of drug-likeness (QED) is 0.294. The molecule has 0 saturated carbocycles. The van der Waals surface area contributed by atoms with Crippen LogP contribution in [0.5, 0.6) is 0 Å². The van der Waals surface area contributed by atoms with Gasteiger partial charge in [-0.25, -0.2) is 0 Å². The van der Waals surface area contributed by atoms with E-state index >= 15 is 0 Å². The number of rotatable bonds is 10. The Kier molecular flexibility index (Phi) is 10.9. The molecule has 6 nitrogen and oxygen atoms in total. The molecule has 2 N–H and O–H groups in total. The minimum absolute atomic E-state index is 0.0214. The van der Waals surface area contributed by atoms with Crippen LogP contribution in [0.2, 0.25) is 5.02 Å². The van der Waals surface area contributed by atoms with E-state index < -0.39 is 0 Å². The highest BCUT2D eigenvalue weighted by atomic mass is 35.5. The lowest BCUT2D eigenvalue weighted by molar-refractivity contribution is -0.133. The average molecular weight is 589 g/mol. The van der Waals surface area contributed by atoms with Crippen LogP contribution in [0.15, 0.2) is 66.7 Å². The van der Waals surface area contributed by atoms with Crippen molar-refractivity contribution in [2.75, 3.05) is 39.3 Å². The van der Waals surface area contributed by atoms with Gasteiger partial charge < -0.3 is 20.4 Å². The van der Waals surface area contributed by atoms with Gasteiger partial charge in [0.15, 0.2) is 0 Å². The fourth-order valence-electron chi connectivity index (χ4n) is 6.44. The van der Waals surface area contributed by atoms with Gasteiger partial charge in [0.1, 0.15) is 0 Å². The molecule has 0 aliphatic carbocycles. The predicted octanol–water partition coefficient (Wildman–Crippen LogP) is 6.24. The van der Waals surface area contributed by atoms with Crippen LogP contribution in [-0.4, -0.2) is 73.0 Å². The third-order valence-corrected chi connectivity index (χ3v) is 9.24. The van der Waals surface area contributed by atoms with E-state index in [0.29, 0.717) is 29.6 Å². The molecule has 3 aromatic rings. The van der Waals surface area contributed by atoms with Crippen molar-refractivity contribution in [2.45, 2.75) is 69.9 Å². The molecule has 2 aliphatic rings. The number of hydrogen-bond donors (Lipinski definition) is 2. The number of carbonyl (C=O) groups excluding carboxylic acids is 2. The van der Waals surface area contributed by atoms with Crippen LogP contribution in [0.4, 0.5) is 0 Å². The number of benzene rings is 3. The Bertz CT molecular complexity index is 1330. The Balaban J connectivity index is 1.26. The maximum absolute atomic E-state index is 14.0. The van der Waals surface area contributed by atoms with Crippen molar-refractivity contribution < 1.29 is 9.59 Å². The number of nitrogens with zero attached hydrogens (tertiary/aromatic N) is 2. The monoisotopic (exact) mass is 588 g/mol. The molecule has 2 saturated heterocycles. The standard InChI is InChI=1S/C35H45ClN4O2/c1-2-26(27-10-6-5-7-11-27)25-40-21-16-32(38-33(35(40)42)17-20-39-18-8-3-4-9-19-39)24-37-34(41)30-13-12-29-23-31(36)15-14-28(29)22-30/h5-7,10-15,22-23,26,32-33,38H,2-4,8-9,16-21,24-25H2,1H3,(H,37,41)/t26?,32-,33-/m0/s1. The van der Waals surface area contributed by atoms with Crippen LogP contribution in [0.3, 0.4) is 0 Å². The maximum atomic E-state index is 14.0. The molecule has 2 fully saturated rings. The summed E-state index contributed by atoms with van der Waals surface area (Å²) in [4.78, 5) is 31.7. The Hall–Kier alpha value is -2.93. The van der Waals surface area contributed by atoms with Crippen LogP contribution in [0, 0.1) is 0 Å². The van der Waals surface area contributed by atoms with Gasteiger partial charge in [0.05, 0.1) is 6.04 Å². The second-order valence-corrected chi connectivity index (χ2v) is 12.4. The molecule has 42 heavy (non-hydrogen) atoms. The Labute approximate surface area is 255 Å². The van der Waals surface area contributed by atoms with Crippen LogP contribution >= 0.6 is 11.6 Å². The normalized spacial score (nSPS) is 21.1. The maximum Gasteiger partial charge on any atom is 0.251 e. The summed E-state index contributed by atoms with van der Waals surface area (Å²) in [6, 6.07) is 21.7. The molecule has 5 rings (SSSR count). The van der Waals surface area contributed by atoms with Crippen LogP contribution < -0.4 is 10.6 Å². The van der Waals surface area contributed by atoms with Crippen LogP contribution in [-0.2, 0) is 4.79 Å². The second kappa shape index (κ2) is 15.0. The fraction of sp³-hybridized carbons (Fsp3) is 0.486. The third kappa shape index (κ3) is 8.12. The van der Waals surface area contributed by atoms with E-state index in [2.05, 4.69) is 51.6 Å². The van der Waals surface area contributed by atoms with Crippen LogP contribution in [0.1, 0.15) is 73.7 Å². The molecule has 2 aliphatic heterocycles. The highest BCUT2D eigenvalue weighted by molar-refractivity contribution is 6.31. The molecule has 0 bridgehead atoms. The molecule has 0 radical (unpaired) electrons. The molecular weight excluding hydrogens is 544 g/mol. The smallest absolute Gasteiger partial charge is 0.251 e. The first-order valence-electron chi connectivity index (χ1n) is 15.8. The molecular formula is C35H45ClN4O2. The minimum Gasteiger partial charge on any atom is -0.350 e. The SMILES string of the molecule is CCC(CN1CC[C@@H](CNC(=O)c2ccc3cc(Cl)ccc3c2)N[C@@H](CCN2CCCCCC2)C1=O)c1ccccc1. The van der Waals surface area contributed by atoms with Gasteiger partial charge in [-0.2, -0.15) is 0 Å². The predicted molar refractivity (Wildman–Crippen MR) is 172 cm³/mol. The third-order valence-electron chi connectivity index (χ3n) is 9.00. The van der Waals surface area contributed by atoms with E-state index in [1.54, 1.807) is 0 Å². The van der Waals surface area contributed by atoms with Gasteiger partial charge in [-0.05, 0) is 85.8 Å². The van der Waals surface area contributed by atoms with Gasteiger partial charge in [0.2, 0.25) is 5.91 Å². The molecule has 3 atom stereocenters. The van der Waals surface area contributed by atoms with E-state index in [0.717, 1.165) is 56.2 Å². The largest absolute Gasteiger partial charge is 0.350 e. The summed E-state index contributed by atoms with van der Waals surface area (Å²) in [6.07, 6.45) is 7.65. The Morgan fingerprint density at radius 3 is 2.48 bits per heavy atom. The van der Waals surface area contributed by atoms with Crippen LogP contribution in [0.25, 0.3) is 10.8 Å². The number of nitrogens with one attached hydrogen (secondary N) is 2. The van der Waals surface area contributed by atoms with Crippen molar-refractivity contribution in [1.82, 2.24) is 20.4 Å². The molecule has 0 spiro atoms. The molecule has 2 amide bonds. The minimum atomic E-state index is -0.253. The molecule has 224 valence electrons. The van der Waals surface area contributed by atoms with E-state index in [4.69, 9.17) is 11.6 Å². The highest BCUT2D eigenvalue weighted by Gasteiger charge is 2.32. The second-order valence-electron chi connectivity index (χ2n) is 12.0. The summed E-state index contributed by atoms with van der Waals surface area (Å²) < 4.78 is 0. The summed E-state index contributed by atoms with van der Waals surface area (Å²) in [5.74, 6) is 0.402.